The van der Waals surface area contributed by atoms with E-state index in [4.69, 9.17) is 11.6 Å². The molecule has 0 bridgehead atoms. The zero-order valence-corrected chi connectivity index (χ0v) is 12.3. The van der Waals surface area contributed by atoms with E-state index in [1.165, 1.54) is 17.3 Å². The highest BCUT2D eigenvalue weighted by Crippen LogP contribution is 2.15. The van der Waals surface area contributed by atoms with Gasteiger partial charge in [0.2, 0.25) is 0 Å². The first-order valence-electron chi connectivity index (χ1n) is 5.85. The number of hydrogen-bond acceptors (Lipinski definition) is 4. The van der Waals surface area contributed by atoms with E-state index in [1.807, 2.05) is 18.4 Å². The van der Waals surface area contributed by atoms with Crippen molar-refractivity contribution in [2.75, 3.05) is 7.05 Å². The van der Waals surface area contributed by atoms with Crippen LogP contribution >= 0.6 is 22.9 Å². The lowest BCUT2D eigenvalue weighted by Crippen LogP contribution is -2.36. The molecule has 2 rings (SSSR count). The van der Waals surface area contributed by atoms with Crippen LogP contribution < -0.4 is 0 Å². The van der Waals surface area contributed by atoms with Gasteiger partial charge in [0, 0.05) is 24.4 Å². The molecule has 100 valence electrons. The van der Waals surface area contributed by atoms with Crippen LogP contribution in [0.15, 0.2) is 29.9 Å². The minimum absolute atomic E-state index is 0.0898. The summed E-state index contributed by atoms with van der Waals surface area (Å²) in [5.74, 6) is -0.168. The SMILES string of the molecule is CC(Cc1cccs1)N(C)C(=O)c1cncc(Cl)n1. The number of amides is 1. The summed E-state index contributed by atoms with van der Waals surface area (Å²) in [6, 6.07) is 4.17. The summed E-state index contributed by atoms with van der Waals surface area (Å²) in [6.07, 6.45) is 3.67. The zero-order valence-electron chi connectivity index (χ0n) is 10.7. The van der Waals surface area contributed by atoms with Gasteiger partial charge in [-0.25, -0.2) is 4.98 Å². The normalized spacial score (nSPS) is 12.2. The average Bonchev–Trinajstić information content (AvgIpc) is 2.89. The number of likely N-dealkylation sites (N-methyl/N-ethyl adjacent to an activating group) is 1. The third-order valence-electron chi connectivity index (χ3n) is 2.88. The molecule has 2 aromatic heterocycles. The Kier molecular flexibility index (Phi) is 4.50. The van der Waals surface area contributed by atoms with Gasteiger partial charge in [-0.1, -0.05) is 17.7 Å². The van der Waals surface area contributed by atoms with Crippen molar-refractivity contribution in [2.24, 2.45) is 0 Å². The van der Waals surface area contributed by atoms with Crippen molar-refractivity contribution in [2.45, 2.75) is 19.4 Å². The Morgan fingerprint density at radius 3 is 2.95 bits per heavy atom. The van der Waals surface area contributed by atoms with Gasteiger partial charge in [-0.05, 0) is 18.4 Å². The molecule has 6 heteroatoms. The third kappa shape index (κ3) is 3.52. The number of hydrogen-bond donors (Lipinski definition) is 0. The van der Waals surface area contributed by atoms with Gasteiger partial charge in [0.05, 0.1) is 12.4 Å². The Balaban J connectivity index is 2.06. The molecule has 0 N–H and O–H groups in total. The van der Waals surface area contributed by atoms with E-state index >= 15 is 0 Å². The average molecular weight is 296 g/mol. The highest BCUT2D eigenvalue weighted by atomic mass is 35.5. The first-order valence-corrected chi connectivity index (χ1v) is 7.11. The van der Waals surface area contributed by atoms with E-state index in [9.17, 15) is 4.79 Å². The van der Waals surface area contributed by atoms with Crippen molar-refractivity contribution in [3.63, 3.8) is 0 Å². The Hall–Kier alpha value is -1.46. The van der Waals surface area contributed by atoms with E-state index in [0.29, 0.717) is 0 Å². The number of halogens is 1. The van der Waals surface area contributed by atoms with Gasteiger partial charge in [-0.2, -0.15) is 0 Å². The zero-order chi connectivity index (χ0) is 13.8. The van der Waals surface area contributed by atoms with Crippen LogP contribution in [0.2, 0.25) is 5.15 Å². The molecule has 2 heterocycles. The second kappa shape index (κ2) is 6.12. The van der Waals surface area contributed by atoms with Gasteiger partial charge in [0.15, 0.2) is 0 Å². The van der Waals surface area contributed by atoms with Crippen LogP contribution in [0.4, 0.5) is 0 Å². The molecule has 1 amide bonds. The van der Waals surface area contributed by atoms with Crippen molar-refractivity contribution in [3.8, 4) is 0 Å². The molecular formula is C13H14ClN3OS. The Labute approximate surface area is 121 Å². The number of aromatic nitrogens is 2. The van der Waals surface area contributed by atoms with Crippen LogP contribution in [0.3, 0.4) is 0 Å². The number of nitrogens with zero attached hydrogens (tertiary/aromatic N) is 3. The first-order chi connectivity index (χ1) is 9.08. The van der Waals surface area contributed by atoms with Gasteiger partial charge < -0.3 is 4.90 Å². The van der Waals surface area contributed by atoms with Crippen molar-refractivity contribution in [1.29, 1.82) is 0 Å². The lowest BCUT2D eigenvalue weighted by molar-refractivity contribution is 0.0737. The number of carbonyl (C=O) groups excluding carboxylic acids is 1. The lowest BCUT2D eigenvalue weighted by atomic mass is 10.2. The maximum absolute atomic E-state index is 12.2. The second-order valence-corrected chi connectivity index (χ2v) is 5.70. The molecule has 2 aromatic rings. The first kappa shape index (κ1) is 14.0. The van der Waals surface area contributed by atoms with Crippen LogP contribution in [-0.2, 0) is 6.42 Å². The largest absolute Gasteiger partial charge is 0.337 e. The van der Waals surface area contributed by atoms with Gasteiger partial charge in [0.25, 0.3) is 5.91 Å². The van der Waals surface area contributed by atoms with E-state index in [2.05, 4.69) is 16.0 Å². The maximum Gasteiger partial charge on any atom is 0.274 e. The molecule has 0 aromatic carbocycles. The number of thiophene rings is 1. The van der Waals surface area contributed by atoms with Crippen LogP contribution in [0, 0.1) is 0 Å². The summed E-state index contributed by atoms with van der Waals surface area (Å²) in [5.41, 5.74) is 0.271. The minimum Gasteiger partial charge on any atom is -0.337 e. The van der Waals surface area contributed by atoms with E-state index in [0.717, 1.165) is 6.42 Å². The number of rotatable bonds is 4. The van der Waals surface area contributed by atoms with Crippen LogP contribution in [0.25, 0.3) is 0 Å². The lowest BCUT2D eigenvalue weighted by Gasteiger charge is -2.24. The van der Waals surface area contributed by atoms with Gasteiger partial charge >= 0.3 is 0 Å². The van der Waals surface area contributed by atoms with Gasteiger partial charge in [-0.15, -0.1) is 11.3 Å². The molecule has 0 spiro atoms. The predicted molar refractivity (Wildman–Crippen MR) is 76.6 cm³/mol. The van der Waals surface area contributed by atoms with Crippen molar-refractivity contribution in [1.82, 2.24) is 14.9 Å². The van der Waals surface area contributed by atoms with Crippen molar-refractivity contribution >= 4 is 28.8 Å². The van der Waals surface area contributed by atoms with Gasteiger partial charge in [-0.3, -0.25) is 9.78 Å². The fourth-order valence-corrected chi connectivity index (χ4v) is 2.66. The minimum atomic E-state index is -0.168. The summed E-state index contributed by atoms with van der Waals surface area (Å²) < 4.78 is 0. The molecule has 4 nitrogen and oxygen atoms in total. The standard InChI is InChI=1S/C13H14ClN3OS/c1-9(6-10-4-3-5-19-10)17(2)13(18)11-7-15-8-12(14)16-11/h3-5,7-9H,6H2,1-2H3. The summed E-state index contributed by atoms with van der Waals surface area (Å²) in [7, 11) is 1.77. The summed E-state index contributed by atoms with van der Waals surface area (Å²) in [4.78, 5) is 23.0. The Morgan fingerprint density at radius 1 is 1.53 bits per heavy atom. The fraction of sp³-hybridized carbons (Fsp3) is 0.308. The molecule has 0 aliphatic heterocycles. The van der Waals surface area contributed by atoms with E-state index in [1.54, 1.807) is 23.3 Å². The third-order valence-corrected chi connectivity index (χ3v) is 3.96. The summed E-state index contributed by atoms with van der Waals surface area (Å²) >= 11 is 7.44. The Bertz CT molecular complexity index is 559. The van der Waals surface area contributed by atoms with Gasteiger partial charge in [0.1, 0.15) is 10.8 Å². The van der Waals surface area contributed by atoms with Crippen LogP contribution in [0.1, 0.15) is 22.3 Å². The highest BCUT2D eigenvalue weighted by molar-refractivity contribution is 7.09. The molecule has 1 unspecified atom stereocenters. The van der Waals surface area contributed by atoms with E-state index < -0.39 is 0 Å². The molecule has 0 saturated carbocycles. The smallest absolute Gasteiger partial charge is 0.274 e. The number of carbonyl (C=O) groups is 1. The molecule has 0 radical (unpaired) electrons. The Morgan fingerprint density at radius 2 is 2.32 bits per heavy atom. The monoisotopic (exact) mass is 295 g/mol. The molecule has 19 heavy (non-hydrogen) atoms. The molecule has 0 aliphatic rings. The quantitative estimate of drug-likeness (QED) is 0.871. The molecule has 0 saturated heterocycles. The molecule has 0 aliphatic carbocycles. The summed E-state index contributed by atoms with van der Waals surface area (Å²) in [6.45, 7) is 2.01. The fourth-order valence-electron chi connectivity index (χ4n) is 1.68. The van der Waals surface area contributed by atoms with Crippen molar-refractivity contribution in [3.05, 3.63) is 45.6 Å². The molecule has 0 fully saturated rings. The molecular weight excluding hydrogens is 282 g/mol. The maximum atomic E-state index is 12.2. The second-order valence-electron chi connectivity index (χ2n) is 4.28. The predicted octanol–water partition coefficient (Wildman–Crippen LogP) is 2.89. The molecule has 1 atom stereocenters. The van der Waals surface area contributed by atoms with Crippen LogP contribution in [0.5, 0.6) is 0 Å². The van der Waals surface area contributed by atoms with E-state index in [-0.39, 0.29) is 22.8 Å². The topological polar surface area (TPSA) is 46.1 Å². The van der Waals surface area contributed by atoms with Crippen LogP contribution in [-0.4, -0.2) is 33.9 Å². The highest BCUT2D eigenvalue weighted by Gasteiger charge is 2.19. The van der Waals surface area contributed by atoms with Crippen molar-refractivity contribution < 1.29 is 4.79 Å². The summed E-state index contributed by atoms with van der Waals surface area (Å²) in [5, 5.41) is 2.26.